The Kier molecular flexibility index (Phi) is 4.23. The molecule has 1 aromatic heterocycles. The van der Waals surface area contributed by atoms with Crippen molar-refractivity contribution in [2.45, 2.75) is 13.3 Å². The second-order valence-electron chi connectivity index (χ2n) is 4.38. The van der Waals surface area contributed by atoms with Crippen molar-refractivity contribution in [3.8, 4) is 22.6 Å². The molecule has 0 atom stereocenters. The lowest BCUT2D eigenvalue weighted by atomic mass is 10.0. The highest BCUT2D eigenvalue weighted by Crippen LogP contribution is 2.45. The molecule has 0 spiro atoms. The number of rotatable bonds is 4. The third-order valence-corrected chi connectivity index (χ3v) is 4.04. The Morgan fingerprint density at radius 3 is 2.35 bits per heavy atom. The van der Waals surface area contributed by atoms with Crippen molar-refractivity contribution in [2.75, 3.05) is 20.0 Å². The molecule has 2 rings (SSSR count). The van der Waals surface area contributed by atoms with Crippen molar-refractivity contribution >= 4 is 21.7 Å². The van der Waals surface area contributed by atoms with Crippen LogP contribution in [0.25, 0.3) is 11.1 Å². The number of anilines is 1. The SMILES string of the molecule is CCc1cc(-c2cnn(C)c2N)c(OC)c(Br)c1OC. The molecule has 2 aromatic rings. The van der Waals surface area contributed by atoms with E-state index in [0.717, 1.165) is 33.3 Å². The summed E-state index contributed by atoms with van der Waals surface area (Å²) in [5.74, 6) is 2.08. The minimum absolute atomic E-state index is 0.599. The standard InChI is InChI=1S/C14H18BrN3O2/c1-5-8-6-9(10-7-17-18(2)14(10)16)13(20-4)11(15)12(8)19-3/h6-7H,5,16H2,1-4H3. The molecule has 0 bridgehead atoms. The Morgan fingerprint density at radius 2 is 1.90 bits per heavy atom. The molecule has 0 aliphatic heterocycles. The molecule has 2 N–H and O–H groups in total. The van der Waals surface area contributed by atoms with E-state index in [-0.39, 0.29) is 0 Å². The maximum Gasteiger partial charge on any atom is 0.144 e. The first-order valence-corrected chi connectivity index (χ1v) is 7.05. The number of benzene rings is 1. The number of nitrogens with zero attached hydrogens (tertiary/aromatic N) is 2. The van der Waals surface area contributed by atoms with E-state index in [1.54, 1.807) is 25.1 Å². The number of hydrogen-bond donors (Lipinski definition) is 1. The lowest BCUT2D eigenvalue weighted by molar-refractivity contribution is 0.387. The van der Waals surface area contributed by atoms with Crippen LogP contribution >= 0.6 is 15.9 Å². The van der Waals surface area contributed by atoms with Gasteiger partial charge in [0.1, 0.15) is 21.8 Å². The van der Waals surface area contributed by atoms with Gasteiger partial charge in [-0.2, -0.15) is 5.10 Å². The summed E-state index contributed by atoms with van der Waals surface area (Å²) in [6.07, 6.45) is 2.59. The molecular formula is C14H18BrN3O2. The van der Waals surface area contributed by atoms with Gasteiger partial charge in [-0.25, -0.2) is 0 Å². The summed E-state index contributed by atoms with van der Waals surface area (Å²) >= 11 is 3.55. The van der Waals surface area contributed by atoms with Crippen LogP contribution < -0.4 is 15.2 Å². The zero-order valence-electron chi connectivity index (χ0n) is 12.0. The molecule has 0 amide bonds. The first-order chi connectivity index (χ1) is 9.54. The third kappa shape index (κ3) is 2.24. The number of aromatic nitrogens is 2. The first-order valence-electron chi connectivity index (χ1n) is 6.26. The Labute approximate surface area is 126 Å². The van der Waals surface area contributed by atoms with Gasteiger partial charge in [-0.05, 0) is 34.0 Å². The molecule has 0 unspecified atom stereocenters. The second-order valence-corrected chi connectivity index (χ2v) is 5.18. The number of methoxy groups -OCH3 is 2. The summed E-state index contributed by atoms with van der Waals surface area (Å²) < 4.78 is 13.4. The molecule has 0 saturated heterocycles. The van der Waals surface area contributed by atoms with Crippen molar-refractivity contribution in [3.63, 3.8) is 0 Å². The van der Waals surface area contributed by atoms with Gasteiger partial charge in [0, 0.05) is 18.2 Å². The van der Waals surface area contributed by atoms with Crippen molar-refractivity contribution < 1.29 is 9.47 Å². The van der Waals surface area contributed by atoms with E-state index in [2.05, 4.69) is 28.0 Å². The van der Waals surface area contributed by atoms with E-state index in [0.29, 0.717) is 11.6 Å². The highest BCUT2D eigenvalue weighted by Gasteiger charge is 2.20. The number of hydrogen-bond acceptors (Lipinski definition) is 4. The van der Waals surface area contributed by atoms with Gasteiger partial charge in [0.15, 0.2) is 0 Å². The molecule has 20 heavy (non-hydrogen) atoms. The van der Waals surface area contributed by atoms with Gasteiger partial charge in [-0.3, -0.25) is 4.68 Å². The Hall–Kier alpha value is -1.69. The van der Waals surface area contributed by atoms with Crippen molar-refractivity contribution in [1.29, 1.82) is 0 Å². The summed E-state index contributed by atoms with van der Waals surface area (Å²) in [7, 11) is 5.09. The average molecular weight is 340 g/mol. The molecule has 0 aliphatic rings. The summed E-state index contributed by atoms with van der Waals surface area (Å²) in [5.41, 5.74) is 8.91. The Morgan fingerprint density at radius 1 is 1.25 bits per heavy atom. The zero-order chi connectivity index (χ0) is 14.9. The fraction of sp³-hybridized carbons (Fsp3) is 0.357. The zero-order valence-corrected chi connectivity index (χ0v) is 13.6. The minimum atomic E-state index is 0.599. The van der Waals surface area contributed by atoms with Crippen molar-refractivity contribution in [2.24, 2.45) is 7.05 Å². The molecule has 0 fully saturated rings. The molecule has 5 nitrogen and oxygen atoms in total. The molecule has 6 heteroatoms. The fourth-order valence-corrected chi connectivity index (χ4v) is 3.00. The number of nitrogen functional groups attached to an aromatic ring is 1. The van der Waals surface area contributed by atoms with Gasteiger partial charge < -0.3 is 15.2 Å². The quantitative estimate of drug-likeness (QED) is 0.929. The highest BCUT2D eigenvalue weighted by molar-refractivity contribution is 9.10. The molecule has 108 valence electrons. The summed E-state index contributed by atoms with van der Waals surface area (Å²) in [4.78, 5) is 0. The number of aryl methyl sites for hydroxylation is 2. The molecule has 0 saturated carbocycles. The van der Waals surface area contributed by atoms with Gasteiger partial charge in [0.05, 0.1) is 20.4 Å². The fourth-order valence-electron chi connectivity index (χ4n) is 2.21. The normalized spacial score (nSPS) is 10.7. The van der Waals surface area contributed by atoms with Crippen LogP contribution in [0.2, 0.25) is 0 Å². The van der Waals surface area contributed by atoms with Crippen LogP contribution in [0.4, 0.5) is 5.82 Å². The van der Waals surface area contributed by atoms with E-state index in [1.807, 2.05) is 13.1 Å². The number of halogens is 1. The Balaban J connectivity index is 2.75. The van der Waals surface area contributed by atoms with Gasteiger partial charge >= 0.3 is 0 Å². The lowest BCUT2D eigenvalue weighted by Crippen LogP contribution is -2.00. The maximum atomic E-state index is 6.07. The van der Waals surface area contributed by atoms with Crippen LogP contribution in [0.3, 0.4) is 0 Å². The van der Waals surface area contributed by atoms with Gasteiger partial charge in [-0.1, -0.05) is 6.92 Å². The van der Waals surface area contributed by atoms with Crippen molar-refractivity contribution in [1.82, 2.24) is 9.78 Å². The first kappa shape index (κ1) is 14.7. The minimum Gasteiger partial charge on any atom is -0.495 e. The van der Waals surface area contributed by atoms with Gasteiger partial charge in [0.2, 0.25) is 0 Å². The predicted octanol–water partition coefficient (Wildman–Crippen LogP) is 3.01. The number of nitrogens with two attached hydrogens (primary N) is 1. The molecular weight excluding hydrogens is 322 g/mol. The summed E-state index contributed by atoms with van der Waals surface area (Å²) in [5, 5.41) is 4.19. The molecule has 0 radical (unpaired) electrons. The maximum absolute atomic E-state index is 6.07. The van der Waals surface area contributed by atoms with Crippen LogP contribution in [0.5, 0.6) is 11.5 Å². The van der Waals surface area contributed by atoms with Crippen LogP contribution in [0.15, 0.2) is 16.7 Å². The largest absolute Gasteiger partial charge is 0.495 e. The third-order valence-electron chi connectivity index (χ3n) is 3.32. The number of ether oxygens (including phenoxy) is 2. The predicted molar refractivity (Wildman–Crippen MR) is 83.2 cm³/mol. The van der Waals surface area contributed by atoms with E-state index in [9.17, 15) is 0 Å². The van der Waals surface area contributed by atoms with E-state index < -0.39 is 0 Å². The highest BCUT2D eigenvalue weighted by atomic mass is 79.9. The van der Waals surface area contributed by atoms with Gasteiger partial charge in [-0.15, -0.1) is 0 Å². The van der Waals surface area contributed by atoms with E-state index in [4.69, 9.17) is 15.2 Å². The topological polar surface area (TPSA) is 62.3 Å². The van der Waals surface area contributed by atoms with E-state index in [1.165, 1.54) is 0 Å². The lowest BCUT2D eigenvalue weighted by Gasteiger charge is -2.16. The smallest absolute Gasteiger partial charge is 0.144 e. The Bertz CT molecular complexity index is 638. The van der Waals surface area contributed by atoms with Crippen LogP contribution in [0.1, 0.15) is 12.5 Å². The average Bonchev–Trinajstić information content (AvgIpc) is 2.77. The molecule has 1 heterocycles. The summed E-state index contributed by atoms with van der Waals surface area (Å²) in [6, 6.07) is 2.04. The van der Waals surface area contributed by atoms with Crippen LogP contribution in [0, 0.1) is 0 Å². The van der Waals surface area contributed by atoms with E-state index >= 15 is 0 Å². The molecule has 1 aromatic carbocycles. The van der Waals surface area contributed by atoms with Crippen LogP contribution in [-0.4, -0.2) is 24.0 Å². The monoisotopic (exact) mass is 339 g/mol. The second kappa shape index (κ2) is 5.75. The van der Waals surface area contributed by atoms with Gasteiger partial charge in [0.25, 0.3) is 0 Å². The van der Waals surface area contributed by atoms with Crippen molar-refractivity contribution in [3.05, 3.63) is 22.3 Å². The van der Waals surface area contributed by atoms with Crippen LogP contribution in [-0.2, 0) is 13.5 Å². The molecule has 0 aliphatic carbocycles. The summed E-state index contributed by atoms with van der Waals surface area (Å²) in [6.45, 7) is 2.08.